The lowest BCUT2D eigenvalue weighted by molar-refractivity contribution is -0.138. The largest absolute Gasteiger partial charge is 0.497 e. The summed E-state index contributed by atoms with van der Waals surface area (Å²) in [4.78, 5) is 16.3. The molecule has 2 bridgehead atoms. The molecule has 3 atom stereocenters. The van der Waals surface area contributed by atoms with Gasteiger partial charge >= 0.3 is 0 Å². The number of primary amides is 1. The molecular formula is C17H22N2O4. The summed E-state index contributed by atoms with van der Waals surface area (Å²) in [6, 6.07) is 7.43. The highest BCUT2D eigenvalue weighted by atomic mass is 16.7. The maximum absolute atomic E-state index is 11.2. The number of benzene rings is 1. The molecule has 0 aromatic heterocycles. The van der Waals surface area contributed by atoms with Gasteiger partial charge in [-0.1, -0.05) is 17.3 Å². The highest BCUT2D eigenvalue weighted by Gasteiger charge is 2.40. The van der Waals surface area contributed by atoms with Gasteiger partial charge in [0, 0.05) is 12.0 Å². The van der Waals surface area contributed by atoms with Gasteiger partial charge in [-0.3, -0.25) is 4.79 Å². The minimum atomic E-state index is -1.04. The normalized spacial score (nSPS) is 30.4. The van der Waals surface area contributed by atoms with E-state index in [1.54, 1.807) is 14.0 Å². The standard InChI is InChI=1S/C12H14N2O3.C5H8O/c1-12(11(13)15)7-10(14-17-12)8-4-3-5-9(6-8)16-2;1-2-5-3-4(1)6-5/h3-6H,7H2,1-2H3,(H2,13,15);4-5H,1-3H2. The summed E-state index contributed by atoms with van der Waals surface area (Å²) in [5.41, 5.74) is 5.79. The van der Waals surface area contributed by atoms with E-state index >= 15 is 0 Å². The van der Waals surface area contributed by atoms with Gasteiger partial charge in [-0.15, -0.1) is 0 Å². The third-order valence-electron chi connectivity index (χ3n) is 4.51. The molecule has 23 heavy (non-hydrogen) atoms. The molecule has 3 heterocycles. The van der Waals surface area contributed by atoms with E-state index in [2.05, 4.69) is 5.16 Å². The minimum Gasteiger partial charge on any atom is -0.497 e. The van der Waals surface area contributed by atoms with E-state index in [9.17, 15) is 4.79 Å². The lowest BCUT2D eigenvalue weighted by Gasteiger charge is -2.23. The molecule has 0 spiro atoms. The van der Waals surface area contributed by atoms with Crippen LogP contribution in [0.15, 0.2) is 29.4 Å². The Morgan fingerprint density at radius 3 is 2.57 bits per heavy atom. The fourth-order valence-electron chi connectivity index (χ4n) is 2.93. The second-order valence-corrected chi connectivity index (χ2v) is 6.33. The predicted molar refractivity (Wildman–Crippen MR) is 85.3 cm³/mol. The molecule has 3 unspecified atom stereocenters. The van der Waals surface area contributed by atoms with Gasteiger partial charge in [0.2, 0.25) is 5.60 Å². The average molecular weight is 318 g/mol. The second kappa shape index (κ2) is 6.20. The number of nitrogens with zero attached hydrogens (tertiary/aromatic N) is 1. The van der Waals surface area contributed by atoms with E-state index < -0.39 is 11.5 Å². The fourth-order valence-corrected chi connectivity index (χ4v) is 2.93. The van der Waals surface area contributed by atoms with Gasteiger partial charge in [0.05, 0.1) is 25.0 Å². The van der Waals surface area contributed by atoms with E-state index in [0.29, 0.717) is 24.3 Å². The molecule has 6 heteroatoms. The molecule has 1 aromatic carbocycles. The van der Waals surface area contributed by atoms with Gasteiger partial charge in [0.15, 0.2) is 0 Å². The highest BCUT2D eigenvalue weighted by Crippen LogP contribution is 2.36. The minimum absolute atomic E-state index is 0.371. The van der Waals surface area contributed by atoms with Crippen LogP contribution in [-0.4, -0.2) is 36.5 Å². The number of nitrogens with two attached hydrogens (primary N) is 1. The number of oxime groups is 1. The van der Waals surface area contributed by atoms with E-state index in [0.717, 1.165) is 11.3 Å². The smallest absolute Gasteiger partial charge is 0.264 e. The summed E-state index contributed by atoms with van der Waals surface area (Å²) < 4.78 is 10.4. The van der Waals surface area contributed by atoms with Crippen LogP contribution >= 0.6 is 0 Å². The number of carbonyl (C=O) groups excluding carboxylic acids is 1. The van der Waals surface area contributed by atoms with Crippen molar-refractivity contribution in [3.05, 3.63) is 29.8 Å². The zero-order valence-electron chi connectivity index (χ0n) is 13.5. The molecule has 4 aliphatic rings. The van der Waals surface area contributed by atoms with Crippen LogP contribution in [0.1, 0.15) is 38.2 Å². The van der Waals surface area contributed by atoms with E-state index in [1.807, 2.05) is 24.3 Å². The van der Waals surface area contributed by atoms with Crippen LogP contribution in [0.5, 0.6) is 5.75 Å². The lowest BCUT2D eigenvalue weighted by atomic mass is 9.95. The lowest BCUT2D eigenvalue weighted by Crippen LogP contribution is -2.41. The number of rotatable bonds is 3. The molecule has 3 aliphatic heterocycles. The van der Waals surface area contributed by atoms with Crippen molar-refractivity contribution >= 4 is 11.6 Å². The van der Waals surface area contributed by atoms with Crippen LogP contribution in [0.2, 0.25) is 0 Å². The zero-order chi connectivity index (χ0) is 16.4. The number of fused-ring (bicyclic) bond motifs is 1. The molecule has 3 fully saturated rings. The maximum atomic E-state index is 11.2. The van der Waals surface area contributed by atoms with Gasteiger partial charge in [0.1, 0.15) is 5.75 Å². The Bertz CT molecular complexity index is 611. The highest BCUT2D eigenvalue weighted by molar-refractivity contribution is 6.05. The number of carbonyl (C=O) groups is 1. The molecule has 1 aromatic rings. The maximum Gasteiger partial charge on any atom is 0.264 e. The van der Waals surface area contributed by atoms with Crippen LogP contribution in [0.3, 0.4) is 0 Å². The van der Waals surface area contributed by atoms with Crippen LogP contribution < -0.4 is 10.5 Å². The van der Waals surface area contributed by atoms with Gasteiger partial charge in [0.25, 0.3) is 5.91 Å². The number of methoxy groups -OCH3 is 1. The van der Waals surface area contributed by atoms with Gasteiger partial charge in [-0.25, -0.2) is 0 Å². The van der Waals surface area contributed by atoms with Crippen molar-refractivity contribution in [1.82, 2.24) is 0 Å². The summed E-state index contributed by atoms with van der Waals surface area (Å²) in [5, 5.41) is 3.92. The molecule has 2 saturated heterocycles. The Balaban J connectivity index is 0.000000213. The summed E-state index contributed by atoms with van der Waals surface area (Å²) >= 11 is 0. The summed E-state index contributed by atoms with van der Waals surface area (Å²) in [6.07, 6.45) is 5.79. The van der Waals surface area contributed by atoms with Crippen LogP contribution in [0.25, 0.3) is 0 Å². The molecule has 124 valence electrons. The monoisotopic (exact) mass is 318 g/mol. The van der Waals surface area contributed by atoms with Crippen molar-refractivity contribution in [3.8, 4) is 5.75 Å². The number of ether oxygens (including phenoxy) is 2. The van der Waals surface area contributed by atoms with Crippen LogP contribution in [0, 0.1) is 0 Å². The van der Waals surface area contributed by atoms with Crippen molar-refractivity contribution in [3.63, 3.8) is 0 Å². The Morgan fingerprint density at radius 2 is 2.09 bits per heavy atom. The van der Waals surface area contributed by atoms with Crippen molar-refractivity contribution < 1.29 is 19.1 Å². The van der Waals surface area contributed by atoms with Crippen molar-refractivity contribution in [2.45, 2.75) is 50.4 Å². The number of hydrogen-bond acceptors (Lipinski definition) is 5. The molecule has 6 nitrogen and oxygen atoms in total. The van der Waals surface area contributed by atoms with Crippen molar-refractivity contribution in [2.75, 3.05) is 7.11 Å². The third kappa shape index (κ3) is 3.32. The van der Waals surface area contributed by atoms with Gasteiger partial charge in [-0.05, 0) is 38.3 Å². The first-order valence-electron chi connectivity index (χ1n) is 7.85. The summed E-state index contributed by atoms with van der Waals surface area (Å²) in [5.74, 6) is 0.219. The first kappa shape index (κ1) is 15.8. The predicted octanol–water partition coefficient (Wildman–Crippen LogP) is 2.00. The van der Waals surface area contributed by atoms with Crippen molar-refractivity contribution in [2.24, 2.45) is 10.9 Å². The first-order chi connectivity index (χ1) is 11.0. The fraction of sp³-hybridized carbons (Fsp3) is 0.529. The van der Waals surface area contributed by atoms with Crippen molar-refractivity contribution in [1.29, 1.82) is 0 Å². The van der Waals surface area contributed by atoms with Crippen LogP contribution in [0.4, 0.5) is 0 Å². The number of hydrogen-bond donors (Lipinski definition) is 1. The molecular weight excluding hydrogens is 296 g/mol. The van der Waals surface area contributed by atoms with E-state index in [4.69, 9.17) is 20.0 Å². The molecule has 1 saturated carbocycles. The van der Waals surface area contributed by atoms with Gasteiger partial charge in [-0.2, -0.15) is 0 Å². The van der Waals surface area contributed by atoms with Crippen LogP contribution in [-0.2, 0) is 14.4 Å². The Labute approximate surface area is 135 Å². The number of amides is 1. The second-order valence-electron chi connectivity index (χ2n) is 6.33. The Hall–Kier alpha value is -2.08. The Morgan fingerprint density at radius 1 is 1.39 bits per heavy atom. The molecule has 1 amide bonds. The topological polar surface area (TPSA) is 83.1 Å². The first-order valence-corrected chi connectivity index (χ1v) is 7.85. The van der Waals surface area contributed by atoms with E-state index in [1.165, 1.54) is 19.3 Å². The molecule has 2 N–H and O–H groups in total. The zero-order valence-corrected chi connectivity index (χ0v) is 13.5. The molecule has 5 rings (SSSR count). The van der Waals surface area contributed by atoms with Gasteiger partial charge < -0.3 is 20.0 Å². The molecule has 1 aliphatic carbocycles. The Kier molecular flexibility index (Phi) is 4.26. The summed E-state index contributed by atoms with van der Waals surface area (Å²) in [7, 11) is 1.60. The average Bonchev–Trinajstić information content (AvgIpc) is 3.24. The summed E-state index contributed by atoms with van der Waals surface area (Å²) in [6.45, 7) is 1.63. The molecule has 0 radical (unpaired) electrons. The third-order valence-corrected chi connectivity index (χ3v) is 4.51. The quantitative estimate of drug-likeness (QED) is 0.924. The SMILES string of the molecule is C1CC2CC1O2.COc1cccc(C2=NOC(C)(C(N)=O)C2)c1. The van der Waals surface area contributed by atoms with E-state index in [-0.39, 0.29) is 0 Å².